The predicted molar refractivity (Wildman–Crippen MR) is 116 cm³/mol. The van der Waals surface area contributed by atoms with E-state index in [1.165, 1.54) is 0 Å². The Balaban J connectivity index is 1.60. The van der Waals surface area contributed by atoms with E-state index in [1.54, 1.807) is 13.0 Å². The zero-order valence-corrected chi connectivity index (χ0v) is 16.7. The second-order valence-electron chi connectivity index (χ2n) is 6.22. The van der Waals surface area contributed by atoms with Gasteiger partial charge in [0.2, 0.25) is 5.95 Å². The number of carbonyl (C=O) groups is 2. The molecular formula is C21H16N4O4S. The molecule has 2 heterocycles. The SMILES string of the molecule is CCOC(=O)c1cnc(N=C2NC(=O)/C(=C\c3cccc4ccccc34)S2)[nH]c1=O. The zero-order chi connectivity index (χ0) is 21.1. The van der Waals surface area contributed by atoms with E-state index in [0.29, 0.717) is 4.91 Å². The lowest BCUT2D eigenvalue weighted by molar-refractivity contribution is -0.115. The average Bonchev–Trinajstić information content (AvgIpc) is 3.07. The number of aromatic amines is 1. The number of ether oxygens (including phenoxy) is 1. The Kier molecular flexibility index (Phi) is 5.44. The van der Waals surface area contributed by atoms with Crippen molar-refractivity contribution >= 4 is 51.6 Å². The Morgan fingerprint density at radius 3 is 2.80 bits per heavy atom. The summed E-state index contributed by atoms with van der Waals surface area (Å²) < 4.78 is 4.79. The average molecular weight is 420 g/mol. The highest BCUT2D eigenvalue weighted by Crippen LogP contribution is 2.29. The summed E-state index contributed by atoms with van der Waals surface area (Å²) in [6.45, 7) is 1.79. The van der Waals surface area contributed by atoms with E-state index >= 15 is 0 Å². The minimum atomic E-state index is -0.755. The molecule has 0 aliphatic carbocycles. The molecule has 1 aromatic heterocycles. The van der Waals surface area contributed by atoms with E-state index in [9.17, 15) is 14.4 Å². The van der Waals surface area contributed by atoms with Crippen molar-refractivity contribution in [2.45, 2.75) is 6.92 Å². The normalized spacial score (nSPS) is 16.2. The lowest BCUT2D eigenvalue weighted by Gasteiger charge is -2.02. The van der Waals surface area contributed by atoms with Crippen LogP contribution in [-0.2, 0) is 9.53 Å². The standard InChI is InChI=1S/C21H16N4O4S/c1-2-29-19(28)15-11-22-20(23-17(15)26)25-21-24-18(27)16(30-21)10-13-8-5-7-12-6-3-4-9-14(12)13/h3-11H,2H2,1H3,(H2,22,23,24,25,26,27)/b16-10+. The highest BCUT2D eigenvalue weighted by atomic mass is 32.2. The Hall–Kier alpha value is -3.72. The van der Waals surface area contributed by atoms with Crippen molar-refractivity contribution in [1.29, 1.82) is 0 Å². The van der Waals surface area contributed by atoms with E-state index in [4.69, 9.17) is 4.74 Å². The van der Waals surface area contributed by atoms with E-state index < -0.39 is 11.5 Å². The van der Waals surface area contributed by atoms with Crippen LogP contribution in [0.5, 0.6) is 0 Å². The van der Waals surface area contributed by atoms with Gasteiger partial charge < -0.3 is 10.1 Å². The molecular weight excluding hydrogens is 404 g/mol. The van der Waals surface area contributed by atoms with Crippen LogP contribution in [0.1, 0.15) is 22.8 Å². The van der Waals surface area contributed by atoms with Crippen molar-refractivity contribution in [3.63, 3.8) is 0 Å². The van der Waals surface area contributed by atoms with E-state index in [-0.39, 0.29) is 29.2 Å². The van der Waals surface area contributed by atoms with Crippen LogP contribution in [0.2, 0.25) is 0 Å². The van der Waals surface area contributed by atoms with Crippen LogP contribution in [-0.4, -0.2) is 33.6 Å². The van der Waals surface area contributed by atoms with Crippen LogP contribution in [0.25, 0.3) is 16.8 Å². The lowest BCUT2D eigenvalue weighted by atomic mass is 10.0. The molecule has 2 aromatic carbocycles. The molecule has 1 aliphatic heterocycles. The molecule has 0 unspecified atom stereocenters. The number of esters is 1. The number of carbonyl (C=O) groups excluding carboxylic acids is 2. The van der Waals surface area contributed by atoms with Crippen molar-refractivity contribution in [3.05, 3.63) is 75.0 Å². The third-order valence-electron chi connectivity index (χ3n) is 4.25. The smallest absolute Gasteiger partial charge is 0.345 e. The molecule has 9 heteroatoms. The molecule has 1 fully saturated rings. The summed E-state index contributed by atoms with van der Waals surface area (Å²) >= 11 is 1.14. The van der Waals surface area contributed by atoms with Crippen LogP contribution in [0, 0.1) is 0 Å². The summed E-state index contributed by atoms with van der Waals surface area (Å²) in [5.74, 6) is -1.08. The maximum absolute atomic E-state index is 12.4. The van der Waals surface area contributed by atoms with Crippen molar-refractivity contribution < 1.29 is 14.3 Å². The molecule has 2 N–H and O–H groups in total. The Morgan fingerprint density at radius 1 is 1.20 bits per heavy atom. The molecule has 1 saturated heterocycles. The van der Waals surface area contributed by atoms with Gasteiger partial charge in [0.05, 0.1) is 17.7 Å². The molecule has 0 atom stereocenters. The molecule has 3 aromatic rings. The number of nitrogens with one attached hydrogen (secondary N) is 2. The number of hydrogen-bond acceptors (Lipinski definition) is 7. The molecule has 0 saturated carbocycles. The van der Waals surface area contributed by atoms with Gasteiger partial charge in [-0.25, -0.2) is 9.78 Å². The topological polar surface area (TPSA) is 114 Å². The lowest BCUT2D eigenvalue weighted by Crippen LogP contribution is -2.21. The van der Waals surface area contributed by atoms with Gasteiger partial charge in [-0.3, -0.25) is 14.6 Å². The maximum atomic E-state index is 12.4. The third kappa shape index (κ3) is 4.01. The van der Waals surface area contributed by atoms with Crippen LogP contribution in [0.4, 0.5) is 5.95 Å². The molecule has 30 heavy (non-hydrogen) atoms. The van der Waals surface area contributed by atoms with Crippen molar-refractivity contribution in [2.24, 2.45) is 4.99 Å². The van der Waals surface area contributed by atoms with Gasteiger partial charge in [0.15, 0.2) is 5.17 Å². The number of amides is 1. The minimum Gasteiger partial charge on any atom is -0.462 e. The molecule has 1 amide bonds. The first-order valence-corrected chi connectivity index (χ1v) is 9.90. The number of aromatic nitrogens is 2. The molecule has 150 valence electrons. The number of nitrogens with zero attached hydrogens (tertiary/aromatic N) is 2. The Morgan fingerprint density at radius 2 is 2.00 bits per heavy atom. The molecule has 0 spiro atoms. The quantitative estimate of drug-likeness (QED) is 0.496. The van der Waals surface area contributed by atoms with Gasteiger partial charge in [-0.15, -0.1) is 0 Å². The summed E-state index contributed by atoms with van der Waals surface area (Å²) in [5.41, 5.74) is 0.0430. The van der Waals surface area contributed by atoms with Gasteiger partial charge in [0.1, 0.15) is 5.56 Å². The number of H-pyrrole nitrogens is 1. The maximum Gasteiger partial charge on any atom is 0.345 e. The molecule has 4 rings (SSSR count). The largest absolute Gasteiger partial charge is 0.462 e. The summed E-state index contributed by atoms with van der Waals surface area (Å²) in [4.78, 5) is 47.1. The summed E-state index contributed by atoms with van der Waals surface area (Å²) in [7, 11) is 0. The minimum absolute atomic E-state index is 0.0257. The number of hydrogen-bond donors (Lipinski definition) is 2. The van der Waals surface area contributed by atoms with Crippen LogP contribution in [0.3, 0.4) is 0 Å². The molecule has 0 radical (unpaired) electrons. The monoisotopic (exact) mass is 420 g/mol. The first kappa shape index (κ1) is 19.6. The first-order chi connectivity index (χ1) is 14.5. The zero-order valence-electron chi connectivity index (χ0n) is 15.8. The highest BCUT2D eigenvalue weighted by molar-refractivity contribution is 8.18. The van der Waals surface area contributed by atoms with Crippen molar-refractivity contribution in [1.82, 2.24) is 15.3 Å². The Bertz CT molecular complexity index is 1270. The van der Waals surface area contributed by atoms with Gasteiger partial charge in [0, 0.05) is 0 Å². The van der Waals surface area contributed by atoms with Crippen LogP contribution in [0.15, 0.2) is 63.4 Å². The summed E-state index contributed by atoms with van der Waals surface area (Å²) in [6.07, 6.45) is 2.90. The number of rotatable bonds is 4. The summed E-state index contributed by atoms with van der Waals surface area (Å²) in [5, 5.41) is 5.04. The first-order valence-electron chi connectivity index (χ1n) is 9.09. The van der Waals surface area contributed by atoms with Gasteiger partial charge >= 0.3 is 5.97 Å². The van der Waals surface area contributed by atoms with Crippen LogP contribution >= 0.6 is 11.8 Å². The van der Waals surface area contributed by atoms with E-state index in [1.807, 2.05) is 42.5 Å². The fraction of sp³-hybridized carbons (Fsp3) is 0.0952. The summed E-state index contributed by atoms with van der Waals surface area (Å²) in [6, 6.07) is 13.8. The predicted octanol–water partition coefficient (Wildman–Crippen LogP) is 2.99. The van der Waals surface area contributed by atoms with Gasteiger partial charge in [-0.1, -0.05) is 42.5 Å². The number of aliphatic imine (C=N–C) groups is 1. The molecule has 8 nitrogen and oxygen atoms in total. The van der Waals surface area contributed by atoms with Crippen molar-refractivity contribution in [2.75, 3.05) is 6.61 Å². The number of amidine groups is 1. The highest BCUT2D eigenvalue weighted by Gasteiger charge is 2.24. The Labute approximate surface area is 175 Å². The fourth-order valence-corrected chi connectivity index (χ4v) is 3.70. The molecule has 1 aliphatic rings. The van der Waals surface area contributed by atoms with E-state index in [0.717, 1.165) is 34.3 Å². The number of thioether (sulfide) groups is 1. The fourth-order valence-electron chi connectivity index (χ4n) is 2.89. The van der Waals surface area contributed by atoms with Gasteiger partial charge in [-0.05, 0) is 41.1 Å². The number of fused-ring (bicyclic) bond motifs is 1. The van der Waals surface area contributed by atoms with Crippen LogP contribution < -0.4 is 10.9 Å². The van der Waals surface area contributed by atoms with Gasteiger partial charge in [-0.2, -0.15) is 4.99 Å². The van der Waals surface area contributed by atoms with Crippen molar-refractivity contribution in [3.8, 4) is 0 Å². The van der Waals surface area contributed by atoms with Gasteiger partial charge in [0.25, 0.3) is 11.5 Å². The second kappa shape index (κ2) is 8.34. The molecule has 0 bridgehead atoms. The third-order valence-corrected chi connectivity index (χ3v) is 5.16. The van der Waals surface area contributed by atoms with E-state index in [2.05, 4.69) is 20.3 Å². The second-order valence-corrected chi connectivity index (χ2v) is 7.25. The number of benzene rings is 2.